The lowest BCUT2D eigenvalue weighted by Gasteiger charge is -1.95. The fourth-order valence-corrected chi connectivity index (χ4v) is 2.86. The Kier molecular flexibility index (Phi) is 3.19. The highest BCUT2D eigenvalue weighted by atomic mass is 32.1. The average Bonchev–Trinajstić information content (AvgIpc) is 2.55. The van der Waals surface area contributed by atoms with E-state index < -0.39 is 5.97 Å². The van der Waals surface area contributed by atoms with E-state index in [9.17, 15) is 4.79 Å². The number of carboxylic acids is 1. The molecule has 0 saturated carbocycles. The van der Waals surface area contributed by atoms with Crippen molar-refractivity contribution in [2.24, 2.45) is 0 Å². The molecule has 1 aromatic carbocycles. The molecule has 0 atom stereocenters. The smallest absolute Gasteiger partial charge is 0.303 e. The summed E-state index contributed by atoms with van der Waals surface area (Å²) >= 11 is 1.75. The van der Waals surface area contributed by atoms with E-state index in [1.54, 1.807) is 11.3 Å². The Labute approximate surface area is 98.0 Å². The molecule has 84 valence electrons. The predicted molar refractivity (Wildman–Crippen MR) is 63.6 cm³/mol. The first-order valence-corrected chi connectivity index (χ1v) is 6.10. The van der Waals surface area contributed by atoms with Crippen molar-refractivity contribution >= 4 is 27.5 Å². The second-order valence-corrected chi connectivity index (χ2v) is 4.97. The van der Waals surface area contributed by atoms with Gasteiger partial charge in [-0.05, 0) is 6.07 Å². The third kappa shape index (κ3) is 2.22. The van der Waals surface area contributed by atoms with E-state index >= 15 is 0 Å². The number of nitrogens with zero attached hydrogens (tertiary/aromatic N) is 1. The third-order valence-electron chi connectivity index (χ3n) is 2.57. The van der Waals surface area contributed by atoms with Gasteiger partial charge in [-0.15, -0.1) is 0 Å². The number of carbonyl (C=O) groups is 1. The number of rotatable bonds is 4. The van der Waals surface area contributed by atoms with Crippen LogP contribution in [0.25, 0.3) is 10.2 Å². The first-order valence-electron chi connectivity index (χ1n) is 5.28. The van der Waals surface area contributed by atoms with E-state index in [1.165, 1.54) is 15.2 Å². The van der Waals surface area contributed by atoms with Crippen LogP contribution in [0.15, 0.2) is 24.3 Å². The fourth-order valence-electron chi connectivity index (χ4n) is 1.82. The van der Waals surface area contributed by atoms with Gasteiger partial charge in [-0.1, -0.05) is 23.5 Å². The molecule has 0 aliphatic rings. The summed E-state index contributed by atoms with van der Waals surface area (Å²) in [5.41, 5.74) is 1.20. The first kappa shape index (κ1) is 11.1. The Bertz CT molecular complexity index is 519. The number of fused-ring (bicyclic) bond motifs is 1. The summed E-state index contributed by atoms with van der Waals surface area (Å²) < 4.78 is 3.46. The van der Waals surface area contributed by atoms with Gasteiger partial charge in [0.1, 0.15) is 4.70 Å². The third-order valence-corrected chi connectivity index (χ3v) is 3.65. The maximum Gasteiger partial charge on any atom is 0.303 e. The summed E-state index contributed by atoms with van der Waals surface area (Å²) in [5, 5.41) is 9.85. The maximum absolute atomic E-state index is 10.5. The molecule has 0 aliphatic heterocycles. The van der Waals surface area contributed by atoms with Gasteiger partial charge in [0, 0.05) is 19.4 Å². The van der Waals surface area contributed by atoms with Crippen molar-refractivity contribution in [3.8, 4) is 0 Å². The minimum absolute atomic E-state index is 0.233. The summed E-state index contributed by atoms with van der Waals surface area (Å²) in [7, 11) is 0. The number of hydrogen-bond donors (Lipinski definition) is 1. The van der Waals surface area contributed by atoms with Crippen LogP contribution in [-0.2, 0) is 11.3 Å². The molecule has 0 amide bonds. The quantitative estimate of drug-likeness (QED) is 0.828. The van der Waals surface area contributed by atoms with Gasteiger partial charge in [-0.3, -0.25) is 4.79 Å². The minimum atomic E-state index is -0.724. The second kappa shape index (κ2) is 4.61. The van der Waals surface area contributed by atoms with Crippen LogP contribution in [0.5, 0.6) is 0 Å². The summed E-state index contributed by atoms with van der Waals surface area (Å²) in [4.78, 5) is 10.5. The van der Waals surface area contributed by atoms with Gasteiger partial charge < -0.3 is 5.11 Å². The Balaban J connectivity index is 2.22. The molecule has 0 bridgehead atoms. The fraction of sp³-hybridized carbons (Fsp3) is 0.333. The summed E-state index contributed by atoms with van der Waals surface area (Å²) in [6, 6.07) is 8.22. The van der Waals surface area contributed by atoms with Crippen LogP contribution in [0.4, 0.5) is 0 Å². The largest absolute Gasteiger partial charge is 0.481 e. The minimum Gasteiger partial charge on any atom is -0.481 e. The SMILES string of the molecule is Cc1sc2ccccc2[n+]1CCCC(=O)O. The number of benzene rings is 1. The van der Waals surface area contributed by atoms with Gasteiger partial charge >= 0.3 is 5.97 Å². The van der Waals surface area contributed by atoms with Gasteiger partial charge in [0.2, 0.25) is 10.5 Å². The average molecular weight is 236 g/mol. The zero-order valence-electron chi connectivity index (χ0n) is 9.14. The highest BCUT2D eigenvalue weighted by Crippen LogP contribution is 2.19. The lowest BCUT2D eigenvalue weighted by atomic mass is 10.3. The lowest BCUT2D eigenvalue weighted by molar-refractivity contribution is -0.673. The summed E-state index contributed by atoms with van der Waals surface area (Å²) in [6.45, 7) is 2.85. The van der Waals surface area contributed by atoms with Crippen LogP contribution in [0.1, 0.15) is 17.8 Å². The van der Waals surface area contributed by atoms with Gasteiger partial charge in [-0.25, -0.2) is 0 Å². The molecule has 2 aromatic rings. The summed E-state index contributed by atoms with van der Waals surface area (Å²) in [5.74, 6) is -0.724. The number of carboxylic acid groups (broad SMARTS) is 1. The van der Waals surface area contributed by atoms with Crippen LogP contribution in [-0.4, -0.2) is 11.1 Å². The molecule has 0 aliphatic carbocycles. The number of hydrogen-bond acceptors (Lipinski definition) is 2. The molecular weight excluding hydrogens is 222 g/mol. The molecule has 16 heavy (non-hydrogen) atoms. The number of thiazole rings is 1. The van der Waals surface area contributed by atoms with Gasteiger partial charge in [-0.2, -0.15) is 4.57 Å². The van der Waals surface area contributed by atoms with Gasteiger partial charge in [0.25, 0.3) is 0 Å². The molecule has 1 heterocycles. The molecule has 2 rings (SSSR count). The molecule has 0 unspecified atom stereocenters. The van der Waals surface area contributed by atoms with E-state index in [4.69, 9.17) is 5.11 Å². The predicted octanol–water partition coefficient (Wildman–Crippen LogP) is 2.36. The Morgan fingerprint density at radius 2 is 2.19 bits per heavy atom. The van der Waals surface area contributed by atoms with Crippen molar-refractivity contribution in [3.05, 3.63) is 29.3 Å². The van der Waals surface area contributed by atoms with E-state index in [-0.39, 0.29) is 6.42 Å². The number of aromatic nitrogens is 1. The molecule has 4 heteroatoms. The monoisotopic (exact) mass is 236 g/mol. The Morgan fingerprint density at radius 1 is 1.44 bits per heavy atom. The highest BCUT2D eigenvalue weighted by molar-refractivity contribution is 7.18. The van der Waals surface area contributed by atoms with Crippen molar-refractivity contribution in [1.29, 1.82) is 0 Å². The van der Waals surface area contributed by atoms with Gasteiger partial charge in [0.05, 0.1) is 6.42 Å². The molecular formula is C12H14NO2S+. The Hall–Kier alpha value is -1.42. The highest BCUT2D eigenvalue weighted by Gasteiger charge is 2.16. The molecule has 1 aromatic heterocycles. The van der Waals surface area contributed by atoms with Crippen molar-refractivity contribution < 1.29 is 14.5 Å². The van der Waals surface area contributed by atoms with E-state index in [2.05, 4.69) is 23.6 Å². The molecule has 0 spiro atoms. The zero-order valence-corrected chi connectivity index (χ0v) is 9.96. The number of aliphatic carboxylic acids is 1. The second-order valence-electron chi connectivity index (χ2n) is 3.74. The molecule has 3 nitrogen and oxygen atoms in total. The maximum atomic E-state index is 10.5. The molecule has 0 radical (unpaired) electrons. The van der Waals surface area contributed by atoms with E-state index in [1.807, 2.05) is 12.1 Å². The van der Waals surface area contributed by atoms with Crippen LogP contribution < -0.4 is 4.57 Å². The van der Waals surface area contributed by atoms with Crippen molar-refractivity contribution in [2.75, 3.05) is 0 Å². The van der Waals surface area contributed by atoms with Crippen molar-refractivity contribution in [1.82, 2.24) is 0 Å². The van der Waals surface area contributed by atoms with Crippen LogP contribution >= 0.6 is 11.3 Å². The zero-order chi connectivity index (χ0) is 11.5. The normalized spacial score (nSPS) is 10.8. The number of aryl methyl sites for hydroxylation is 2. The van der Waals surface area contributed by atoms with Crippen LogP contribution in [0, 0.1) is 6.92 Å². The van der Waals surface area contributed by atoms with Crippen molar-refractivity contribution in [2.45, 2.75) is 26.3 Å². The molecule has 1 N–H and O–H groups in total. The standard InChI is InChI=1S/C12H13NO2S/c1-9-13(8-4-7-12(14)15)10-5-2-3-6-11(10)16-9/h2-3,5-6H,4,7-8H2,1H3/p+1. The van der Waals surface area contributed by atoms with Crippen LogP contribution in [0.2, 0.25) is 0 Å². The van der Waals surface area contributed by atoms with Crippen molar-refractivity contribution in [3.63, 3.8) is 0 Å². The molecule has 0 fully saturated rings. The van der Waals surface area contributed by atoms with E-state index in [0.717, 1.165) is 6.54 Å². The summed E-state index contributed by atoms with van der Waals surface area (Å²) in [6.07, 6.45) is 0.915. The Morgan fingerprint density at radius 3 is 2.94 bits per heavy atom. The molecule has 0 saturated heterocycles. The first-order chi connectivity index (χ1) is 7.68. The van der Waals surface area contributed by atoms with E-state index in [0.29, 0.717) is 6.42 Å². The van der Waals surface area contributed by atoms with Crippen LogP contribution in [0.3, 0.4) is 0 Å². The lowest BCUT2D eigenvalue weighted by Crippen LogP contribution is -2.35. The van der Waals surface area contributed by atoms with Gasteiger partial charge in [0.15, 0.2) is 6.54 Å². The number of para-hydroxylation sites is 1. The topological polar surface area (TPSA) is 41.2 Å².